The lowest BCUT2D eigenvalue weighted by molar-refractivity contribution is -0.136. The molecule has 0 aliphatic carbocycles. The zero-order valence-corrected chi connectivity index (χ0v) is 31.8. The number of benzene rings is 2. The minimum absolute atomic E-state index is 0.0881. The van der Waals surface area contributed by atoms with Crippen molar-refractivity contribution in [3.05, 3.63) is 83.4 Å². The molecule has 3 N–H and O–H groups in total. The first-order chi connectivity index (χ1) is 27.4. The average molecular weight is 773 g/mol. The predicted octanol–water partition coefficient (Wildman–Crippen LogP) is 3.51. The molecule has 16 nitrogen and oxygen atoms in total. The Kier molecular flexibility index (Phi) is 9.11. The summed E-state index contributed by atoms with van der Waals surface area (Å²) in [6.45, 7) is 7.98. The summed E-state index contributed by atoms with van der Waals surface area (Å²) in [4.78, 5) is 74.1. The Hall–Kier alpha value is -6.00. The summed E-state index contributed by atoms with van der Waals surface area (Å²) in [5.74, 6) is -1.81. The lowest BCUT2D eigenvalue weighted by Gasteiger charge is -2.38. The Labute approximate surface area is 327 Å². The van der Waals surface area contributed by atoms with Crippen LogP contribution in [0.25, 0.3) is 16.6 Å². The number of likely N-dealkylation sites (tertiary alicyclic amines) is 1. The molecular weight excluding hydrogens is 729 g/mol. The summed E-state index contributed by atoms with van der Waals surface area (Å²) in [5.41, 5.74) is 2.86. The molecule has 4 aliphatic rings. The number of nitrogens with one attached hydrogen (secondary N) is 2. The minimum Gasteiger partial charge on any atom is -0.386 e. The molecule has 5 amide bonds. The molecule has 16 heteroatoms. The van der Waals surface area contributed by atoms with E-state index in [1.54, 1.807) is 49.0 Å². The van der Waals surface area contributed by atoms with Gasteiger partial charge in [0.25, 0.3) is 17.7 Å². The van der Waals surface area contributed by atoms with Crippen LogP contribution in [-0.2, 0) is 15.2 Å². The zero-order valence-electron chi connectivity index (χ0n) is 31.8. The zero-order chi connectivity index (χ0) is 39.6. The number of fused-ring (bicyclic) bond motifs is 3. The topological polar surface area (TPSA) is 187 Å². The van der Waals surface area contributed by atoms with E-state index in [4.69, 9.17) is 5.10 Å². The van der Waals surface area contributed by atoms with Crippen LogP contribution in [0.5, 0.6) is 0 Å². The van der Waals surface area contributed by atoms with Gasteiger partial charge in [-0.3, -0.25) is 38.9 Å². The van der Waals surface area contributed by atoms with Crippen molar-refractivity contribution in [2.24, 2.45) is 5.92 Å². The molecule has 3 saturated heterocycles. The molecule has 3 fully saturated rings. The van der Waals surface area contributed by atoms with Crippen LogP contribution in [0.4, 0.5) is 11.4 Å². The highest BCUT2D eigenvalue weighted by atomic mass is 16.3. The number of hydrogen-bond donors (Lipinski definition) is 3. The molecule has 294 valence electrons. The van der Waals surface area contributed by atoms with Crippen molar-refractivity contribution in [2.45, 2.75) is 70.1 Å². The van der Waals surface area contributed by atoms with E-state index in [0.29, 0.717) is 39.5 Å². The summed E-state index contributed by atoms with van der Waals surface area (Å²) in [5, 5.41) is 26.4. The Balaban J connectivity index is 0.803. The van der Waals surface area contributed by atoms with Gasteiger partial charge in [0, 0.05) is 80.1 Å². The average Bonchev–Trinajstić information content (AvgIpc) is 3.89. The smallest absolute Gasteiger partial charge is 0.262 e. The van der Waals surface area contributed by atoms with E-state index in [1.165, 1.54) is 6.20 Å². The van der Waals surface area contributed by atoms with Gasteiger partial charge in [0.2, 0.25) is 11.8 Å². The quantitative estimate of drug-likeness (QED) is 0.196. The summed E-state index contributed by atoms with van der Waals surface area (Å²) in [6, 6.07) is 10.1. The van der Waals surface area contributed by atoms with Crippen LogP contribution in [-0.4, -0.2) is 108 Å². The Morgan fingerprint density at radius 3 is 2.49 bits per heavy atom. The van der Waals surface area contributed by atoms with Crippen molar-refractivity contribution >= 4 is 57.5 Å². The molecule has 1 unspecified atom stereocenters. The lowest BCUT2D eigenvalue weighted by Crippen LogP contribution is -2.54. The standard InChI is InChI=1S/C41H44N10O6/c1-41(2,57)31-20-32-25(18-33(31)44-37(53)30-21-43-49-13-3-12-42-36(30)49)23-50(46-32)26-10-14-47(15-11-26)22-24-8-16-48(17-9-24)27-4-5-28-29(19-27)40(56)51(39(28)55)34-6-7-35(52)45-38(34)54/h3-5,12-13,18-21,23-24,26,34,57H,6-11,14-17,22H2,1-2H3,(H,44,53)(H,45,52,54). The summed E-state index contributed by atoms with van der Waals surface area (Å²) in [7, 11) is 0. The van der Waals surface area contributed by atoms with E-state index in [-0.39, 0.29) is 24.8 Å². The molecule has 7 heterocycles. The monoisotopic (exact) mass is 772 g/mol. The number of hydrogen-bond acceptors (Lipinski definition) is 11. The predicted molar refractivity (Wildman–Crippen MR) is 209 cm³/mol. The number of carbonyl (C=O) groups is 5. The number of rotatable bonds is 8. The van der Waals surface area contributed by atoms with Crippen LogP contribution in [0, 0.1) is 5.92 Å². The first-order valence-corrected chi connectivity index (χ1v) is 19.6. The fourth-order valence-corrected chi connectivity index (χ4v) is 8.83. The second-order valence-corrected chi connectivity index (χ2v) is 16.2. The maximum atomic E-state index is 13.4. The molecule has 9 rings (SSSR count). The van der Waals surface area contributed by atoms with Gasteiger partial charge < -0.3 is 20.2 Å². The number of nitrogens with zero attached hydrogens (tertiary/aromatic N) is 8. The largest absolute Gasteiger partial charge is 0.386 e. The van der Waals surface area contributed by atoms with Gasteiger partial charge in [-0.25, -0.2) is 9.50 Å². The third-order valence-electron chi connectivity index (χ3n) is 11.9. The number of amides is 5. The molecule has 57 heavy (non-hydrogen) atoms. The van der Waals surface area contributed by atoms with Gasteiger partial charge in [0.05, 0.1) is 34.5 Å². The van der Waals surface area contributed by atoms with Crippen molar-refractivity contribution in [3.8, 4) is 0 Å². The second kappa shape index (κ2) is 14.2. The van der Waals surface area contributed by atoms with Crippen LogP contribution >= 0.6 is 0 Å². The van der Waals surface area contributed by atoms with E-state index in [1.807, 2.05) is 29.1 Å². The highest BCUT2D eigenvalue weighted by Crippen LogP contribution is 2.35. The van der Waals surface area contributed by atoms with E-state index >= 15 is 0 Å². The van der Waals surface area contributed by atoms with Crippen LogP contribution in [0.15, 0.2) is 61.2 Å². The van der Waals surface area contributed by atoms with Gasteiger partial charge >= 0.3 is 0 Å². The van der Waals surface area contributed by atoms with Gasteiger partial charge in [0.1, 0.15) is 11.6 Å². The maximum absolute atomic E-state index is 13.4. The number of imide groups is 2. The summed E-state index contributed by atoms with van der Waals surface area (Å²) < 4.78 is 3.58. The molecule has 0 saturated carbocycles. The molecule has 4 aliphatic heterocycles. The minimum atomic E-state index is -1.23. The van der Waals surface area contributed by atoms with Crippen LogP contribution in [0.2, 0.25) is 0 Å². The molecule has 2 aromatic carbocycles. The molecule has 1 atom stereocenters. The van der Waals surface area contributed by atoms with Crippen molar-refractivity contribution in [2.75, 3.05) is 42.9 Å². The number of anilines is 2. The first-order valence-electron chi connectivity index (χ1n) is 19.6. The number of aliphatic hydroxyl groups is 1. The third kappa shape index (κ3) is 6.82. The SMILES string of the molecule is CC(C)(O)c1cc2nn(C3CCN(CC4CCN(c5ccc6c(c5)C(=O)N(C5CCC(=O)NC5=O)C6=O)CC4)CC3)cc2cc1NC(=O)c1cnn2cccnc12. The van der Waals surface area contributed by atoms with Crippen LogP contribution < -0.4 is 15.5 Å². The summed E-state index contributed by atoms with van der Waals surface area (Å²) >= 11 is 0. The van der Waals surface area contributed by atoms with Crippen molar-refractivity contribution in [1.29, 1.82) is 0 Å². The fraction of sp³-hybridized carbons (Fsp3) is 0.415. The first kappa shape index (κ1) is 36.6. The number of piperidine rings is 3. The van der Waals surface area contributed by atoms with Crippen LogP contribution in [0.3, 0.4) is 0 Å². The van der Waals surface area contributed by atoms with E-state index in [2.05, 4.69) is 30.5 Å². The molecular formula is C41H44N10O6. The van der Waals surface area contributed by atoms with Gasteiger partial charge in [-0.05, 0) is 88.3 Å². The molecule has 3 aromatic heterocycles. The molecule has 0 spiro atoms. The fourth-order valence-electron chi connectivity index (χ4n) is 8.83. The Morgan fingerprint density at radius 1 is 0.965 bits per heavy atom. The van der Waals surface area contributed by atoms with E-state index in [0.717, 1.165) is 79.9 Å². The summed E-state index contributed by atoms with van der Waals surface area (Å²) in [6.07, 6.45) is 11.0. The van der Waals surface area contributed by atoms with Crippen molar-refractivity contribution in [3.63, 3.8) is 0 Å². The van der Waals surface area contributed by atoms with Crippen LogP contribution in [0.1, 0.15) is 95.1 Å². The highest BCUT2D eigenvalue weighted by molar-refractivity contribution is 6.23. The normalized spacial score (nSPS) is 20.2. The van der Waals surface area contributed by atoms with Gasteiger partial charge in [-0.1, -0.05) is 0 Å². The van der Waals surface area contributed by atoms with E-state index in [9.17, 15) is 29.1 Å². The molecule has 5 aromatic rings. The number of carbonyl (C=O) groups excluding carboxylic acids is 5. The van der Waals surface area contributed by atoms with Crippen molar-refractivity contribution in [1.82, 2.24) is 39.5 Å². The maximum Gasteiger partial charge on any atom is 0.262 e. The van der Waals surface area contributed by atoms with Crippen molar-refractivity contribution < 1.29 is 29.1 Å². The van der Waals surface area contributed by atoms with Gasteiger partial charge in [-0.2, -0.15) is 10.2 Å². The molecule has 0 bridgehead atoms. The van der Waals surface area contributed by atoms with Gasteiger partial charge in [0.15, 0.2) is 5.65 Å². The van der Waals surface area contributed by atoms with E-state index < -0.39 is 35.3 Å². The second-order valence-electron chi connectivity index (χ2n) is 16.2. The molecule has 0 radical (unpaired) electrons. The Morgan fingerprint density at radius 2 is 1.74 bits per heavy atom. The lowest BCUT2D eigenvalue weighted by atomic mass is 9.94. The Bertz CT molecular complexity index is 2450. The highest BCUT2D eigenvalue weighted by Gasteiger charge is 2.45. The van der Waals surface area contributed by atoms with Gasteiger partial charge in [-0.15, -0.1) is 0 Å². The number of aromatic nitrogens is 5. The third-order valence-corrected chi connectivity index (χ3v) is 11.9.